The summed E-state index contributed by atoms with van der Waals surface area (Å²) < 4.78 is 10.6. The first-order valence-corrected chi connectivity index (χ1v) is 7.59. The van der Waals surface area contributed by atoms with Gasteiger partial charge in [-0.1, -0.05) is 18.2 Å². The number of amides is 1. The SMILES string of the molecule is CCOC(=O)[C@@H]1CCN(C(=O)OC(C)(C)C)c2ccccc21. The molecule has 5 nitrogen and oxygen atoms in total. The van der Waals surface area contributed by atoms with Crippen molar-refractivity contribution in [2.45, 2.75) is 45.6 Å². The molecule has 1 aromatic carbocycles. The van der Waals surface area contributed by atoms with Crippen LogP contribution in [0.4, 0.5) is 10.5 Å². The van der Waals surface area contributed by atoms with Crippen LogP contribution < -0.4 is 4.90 Å². The topological polar surface area (TPSA) is 55.8 Å². The Hall–Kier alpha value is -2.04. The van der Waals surface area contributed by atoms with Gasteiger partial charge in [0.25, 0.3) is 0 Å². The Morgan fingerprint density at radius 1 is 1.27 bits per heavy atom. The Balaban J connectivity index is 2.28. The van der Waals surface area contributed by atoms with Crippen LogP contribution in [0.2, 0.25) is 0 Å². The number of carbonyl (C=O) groups excluding carboxylic acids is 2. The van der Waals surface area contributed by atoms with Gasteiger partial charge in [-0.05, 0) is 45.7 Å². The lowest BCUT2D eigenvalue weighted by Gasteiger charge is -2.34. The molecule has 0 unspecified atom stereocenters. The van der Waals surface area contributed by atoms with Crippen molar-refractivity contribution in [3.8, 4) is 0 Å². The number of carbonyl (C=O) groups is 2. The van der Waals surface area contributed by atoms with Crippen LogP contribution in [-0.4, -0.2) is 30.8 Å². The first-order chi connectivity index (χ1) is 10.3. The lowest BCUT2D eigenvalue weighted by Crippen LogP contribution is -2.41. The molecule has 1 atom stereocenters. The second-order valence-corrected chi connectivity index (χ2v) is 6.28. The standard InChI is InChI=1S/C17H23NO4/c1-5-21-15(19)13-10-11-18(16(20)22-17(2,3)4)14-9-7-6-8-12(13)14/h6-9,13H,5,10-11H2,1-4H3/t13-/m1/s1. The molecule has 0 N–H and O–H groups in total. The maximum absolute atomic E-state index is 12.4. The molecule has 5 heteroatoms. The summed E-state index contributed by atoms with van der Waals surface area (Å²) in [5.74, 6) is -0.561. The summed E-state index contributed by atoms with van der Waals surface area (Å²) in [5, 5.41) is 0. The first-order valence-electron chi connectivity index (χ1n) is 7.59. The van der Waals surface area contributed by atoms with E-state index < -0.39 is 5.60 Å². The molecule has 1 aliphatic rings. The smallest absolute Gasteiger partial charge is 0.414 e. The highest BCUT2D eigenvalue weighted by Crippen LogP contribution is 2.36. The van der Waals surface area contributed by atoms with Gasteiger partial charge < -0.3 is 9.47 Å². The molecule has 0 aromatic heterocycles. The van der Waals surface area contributed by atoms with Crippen molar-refractivity contribution < 1.29 is 19.1 Å². The van der Waals surface area contributed by atoms with Gasteiger partial charge in [0.05, 0.1) is 18.2 Å². The van der Waals surface area contributed by atoms with E-state index in [0.717, 1.165) is 11.3 Å². The summed E-state index contributed by atoms with van der Waals surface area (Å²) in [6.07, 6.45) is 0.150. The van der Waals surface area contributed by atoms with Gasteiger partial charge in [0.2, 0.25) is 0 Å². The molecule has 1 aliphatic heterocycles. The lowest BCUT2D eigenvalue weighted by atomic mass is 9.90. The number of anilines is 1. The average Bonchev–Trinajstić information content (AvgIpc) is 2.44. The summed E-state index contributed by atoms with van der Waals surface area (Å²) in [6.45, 7) is 8.09. The minimum absolute atomic E-state index is 0.237. The van der Waals surface area contributed by atoms with Gasteiger partial charge in [-0.3, -0.25) is 9.69 Å². The van der Waals surface area contributed by atoms with Gasteiger partial charge in [-0.2, -0.15) is 0 Å². The summed E-state index contributed by atoms with van der Waals surface area (Å²) in [4.78, 5) is 26.1. The van der Waals surface area contributed by atoms with Gasteiger partial charge >= 0.3 is 12.1 Å². The number of fused-ring (bicyclic) bond motifs is 1. The first kappa shape index (κ1) is 16.3. The molecule has 0 aliphatic carbocycles. The van der Waals surface area contributed by atoms with Gasteiger partial charge in [-0.25, -0.2) is 4.79 Å². The van der Waals surface area contributed by atoms with E-state index in [1.54, 1.807) is 11.8 Å². The zero-order chi connectivity index (χ0) is 16.3. The Kier molecular flexibility index (Phi) is 4.74. The van der Waals surface area contributed by atoms with Crippen LogP contribution in [0.1, 0.15) is 45.6 Å². The number of rotatable bonds is 2. The predicted octanol–water partition coefficient (Wildman–Crippen LogP) is 3.48. The maximum atomic E-state index is 12.4. The van der Waals surface area contributed by atoms with E-state index in [2.05, 4.69) is 0 Å². The predicted molar refractivity (Wildman–Crippen MR) is 84.0 cm³/mol. The Morgan fingerprint density at radius 3 is 2.59 bits per heavy atom. The highest BCUT2D eigenvalue weighted by Gasteiger charge is 2.34. The second kappa shape index (κ2) is 6.38. The largest absolute Gasteiger partial charge is 0.466 e. The van der Waals surface area contributed by atoms with Gasteiger partial charge in [0.15, 0.2) is 0 Å². The van der Waals surface area contributed by atoms with Crippen LogP contribution in [-0.2, 0) is 14.3 Å². The Morgan fingerprint density at radius 2 is 1.95 bits per heavy atom. The fourth-order valence-electron chi connectivity index (χ4n) is 2.56. The number of hydrogen-bond donors (Lipinski definition) is 0. The van der Waals surface area contributed by atoms with Crippen LogP contribution in [0.25, 0.3) is 0 Å². The maximum Gasteiger partial charge on any atom is 0.414 e. The van der Waals surface area contributed by atoms with E-state index in [1.165, 1.54) is 0 Å². The van der Waals surface area contributed by atoms with E-state index in [9.17, 15) is 9.59 Å². The number of benzene rings is 1. The van der Waals surface area contributed by atoms with Crippen molar-refractivity contribution in [2.24, 2.45) is 0 Å². The second-order valence-electron chi connectivity index (χ2n) is 6.28. The average molecular weight is 305 g/mol. The van der Waals surface area contributed by atoms with Gasteiger partial charge in [0.1, 0.15) is 5.60 Å². The molecule has 22 heavy (non-hydrogen) atoms. The van der Waals surface area contributed by atoms with Crippen molar-refractivity contribution in [2.75, 3.05) is 18.1 Å². The Bertz CT molecular complexity index is 562. The summed E-state index contributed by atoms with van der Waals surface area (Å²) >= 11 is 0. The summed E-state index contributed by atoms with van der Waals surface area (Å²) in [5.41, 5.74) is 0.989. The van der Waals surface area contributed by atoms with Crippen molar-refractivity contribution in [3.63, 3.8) is 0 Å². The zero-order valence-electron chi connectivity index (χ0n) is 13.6. The monoisotopic (exact) mass is 305 g/mol. The molecule has 0 spiro atoms. The number of hydrogen-bond acceptors (Lipinski definition) is 4. The van der Waals surface area contributed by atoms with Crippen molar-refractivity contribution in [1.29, 1.82) is 0 Å². The van der Waals surface area contributed by atoms with E-state index in [1.807, 2.05) is 45.0 Å². The third-order valence-corrected chi connectivity index (χ3v) is 3.43. The van der Waals surface area contributed by atoms with Gasteiger partial charge in [0, 0.05) is 6.54 Å². The molecule has 1 amide bonds. The molecule has 1 aromatic rings. The van der Waals surface area contributed by atoms with Crippen LogP contribution >= 0.6 is 0 Å². The molecule has 1 heterocycles. The fourth-order valence-corrected chi connectivity index (χ4v) is 2.56. The molecule has 120 valence electrons. The van der Waals surface area contributed by atoms with E-state index in [4.69, 9.17) is 9.47 Å². The number of para-hydroxylation sites is 1. The third-order valence-electron chi connectivity index (χ3n) is 3.43. The van der Waals surface area contributed by atoms with Crippen molar-refractivity contribution in [3.05, 3.63) is 29.8 Å². The summed E-state index contributed by atoms with van der Waals surface area (Å²) in [7, 11) is 0. The highest BCUT2D eigenvalue weighted by atomic mass is 16.6. The number of ether oxygens (including phenoxy) is 2. The molecular weight excluding hydrogens is 282 g/mol. The molecule has 2 rings (SSSR count). The molecule has 0 saturated carbocycles. The molecule has 0 bridgehead atoms. The van der Waals surface area contributed by atoms with Gasteiger partial charge in [-0.15, -0.1) is 0 Å². The normalized spacial score (nSPS) is 17.6. The van der Waals surface area contributed by atoms with E-state index in [0.29, 0.717) is 19.6 Å². The molecular formula is C17H23NO4. The van der Waals surface area contributed by atoms with Crippen LogP contribution in [0.15, 0.2) is 24.3 Å². The minimum atomic E-state index is -0.552. The fraction of sp³-hybridized carbons (Fsp3) is 0.529. The number of nitrogens with zero attached hydrogens (tertiary/aromatic N) is 1. The quantitative estimate of drug-likeness (QED) is 0.785. The van der Waals surface area contributed by atoms with E-state index >= 15 is 0 Å². The summed E-state index contributed by atoms with van der Waals surface area (Å²) in [6, 6.07) is 7.42. The van der Waals surface area contributed by atoms with Crippen LogP contribution in [0, 0.1) is 0 Å². The van der Waals surface area contributed by atoms with Crippen molar-refractivity contribution >= 4 is 17.7 Å². The highest BCUT2D eigenvalue weighted by molar-refractivity contribution is 5.92. The molecule has 0 saturated heterocycles. The van der Waals surface area contributed by atoms with Crippen LogP contribution in [0.5, 0.6) is 0 Å². The molecule has 0 radical (unpaired) electrons. The van der Waals surface area contributed by atoms with E-state index in [-0.39, 0.29) is 18.0 Å². The third kappa shape index (κ3) is 3.59. The Labute approximate surface area is 131 Å². The number of esters is 1. The van der Waals surface area contributed by atoms with Crippen molar-refractivity contribution in [1.82, 2.24) is 0 Å². The zero-order valence-corrected chi connectivity index (χ0v) is 13.6. The minimum Gasteiger partial charge on any atom is -0.466 e. The lowest BCUT2D eigenvalue weighted by molar-refractivity contribution is -0.145. The molecule has 0 fully saturated rings. The van der Waals surface area contributed by atoms with Crippen LogP contribution in [0.3, 0.4) is 0 Å².